The number of hydrogen-bond donors (Lipinski definition) is 2. The number of halogens is 2. The fourth-order valence-corrected chi connectivity index (χ4v) is 2.65. The molecule has 5 heteroatoms. The normalized spacial score (nSPS) is 12.7. The van der Waals surface area contributed by atoms with E-state index < -0.39 is 0 Å². The standard InChI is InChI=1S/C15H12Cl2N2O/c16-12-3-1-2-11(14(12)17)15(20)19-10-4-5-13-9(8-10)6-7-18-13/h1-5,8,18H,6-7H2,(H,19,20). The van der Waals surface area contributed by atoms with E-state index in [4.69, 9.17) is 23.2 Å². The van der Waals surface area contributed by atoms with E-state index in [0.29, 0.717) is 10.6 Å². The van der Waals surface area contributed by atoms with E-state index in [-0.39, 0.29) is 10.9 Å². The zero-order valence-corrected chi connectivity index (χ0v) is 12.1. The topological polar surface area (TPSA) is 41.1 Å². The summed E-state index contributed by atoms with van der Waals surface area (Å²) in [5.74, 6) is -0.261. The first-order valence-electron chi connectivity index (χ1n) is 6.27. The van der Waals surface area contributed by atoms with Crippen molar-refractivity contribution >= 4 is 40.5 Å². The van der Waals surface area contributed by atoms with Crippen LogP contribution in [0.5, 0.6) is 0 Å². The van der Waals surface area contributed by atoms with Gasteiger partial charge in [-0.1, -0.05) is 29.3 Å². The number of anilines is 2. The SMILES string of the molecule is O=C(Nc1ccc2c(c1)CCN2)c1cccc(Cl)c1Cl. The average Bonchev–Trinajstić information content (AvgIpc) is 2.89. The van der Waals surface area contributed by atoms with E-state index >= 15 is 0 Å². The minimum Gasteiger partial charge on any atom is -0.384 e. The summed E-state index contributed by atoms with van der Waals surface area (Å²) in [7, 11) is 0. The van der Waals surface area contributed by atoms with Crippen LogP contribution >= 0.6 is 23.2 Å². The molecule has 0 saturated heterocycles. The third-order valence-electron chi connectivity index (χ3n) is 3.27. The smallest absolute Gasteiger partial charge is 0.257 e. The first-order chi connectivity index (χ1) is 9.65. The molecule has 3 rings (SSSR count). The lowest BCUT2D eigenvalue weighted by molar-refractivity contribution is 0.102. The Labute approximate surface area is 126 Å². The molecule has 102 valence electrons. The monoisotopic (exact) mass is 306 g/mol. The second kappa shape index (κ2) is 5.35. The predicted octanol–water partition coefficient (Wildman–Crippen LogP) is 4.21. The van der Waals surface area contributed by atoms with Crippen molar-refractivity contribution in [1.29, 1.82) is 0 Å². The Morgan fingerprint density at radius 2 is 2.05 bits per heavy atom. The zero-order valence-electron chi connectivity index (χ0n) is 10.5. The van der Waals surface area contributed by atoms with E-state index in [1.807, 2.05) is 18.2 Å². The summed E-state index contributed by atoms with van der Waals surface area (Å²) >= 11 is 12.0. The van der Waals surface area contributed by atoms with Crippen LogP contribution in [0.2, 0.25) is 10.0 Å². The highest BCUT2D eigenvalue weighted by molar-refractivity contribution is 6.44. The van der Waals surface area contributed by atoms with Gasteiger partial charge in [-0.05, 0) is 42.3 Å². The van der Waals surface area contributed by atoms with E-state index in [0.717, 1.165) is 24.3 Å². The first-order valence-corrected chi connectivity index (χ1v) is 7.03. The van der Waals surface area contributed by atoms with E-state index in [9.17, 15) is 4.79 Å². The molecule has 2 aromatic rings. The molecule has 2 N–H and O–H groups in total. The molecule has 0 bridgehead atoms. The van der Waals surface area contributed by atoms with Crippen molar-refractivity contribution < 1.29 is 4.79 Å². The lowest BCUT2D eigenvalue weighted by atomic mass is 10.1. The molecule has 0 saturated carbocycles. The van der Waals surface area contributed by atoms with Crippen molar-refractivity contribution in [3.8, 4) is 0 Å². The fourth-order valence-electron chi connectivity index (χ4n) is 2.26. The summed E-state index contributed by atoms with van der Waals surface area (Å²) < 4.78 is 0. The molecule has 0 radical (unpaired) electrons. The predicted molar refractivity (Wildman–Crippen MR) is 83.1 cm³/mol. The number of benzene rings is 2. The third kappa shape index (κ3) is 2.47. The molecule has 1 aliphatic heterocycles. The quantitative estimate of drug-likeness (QED) is 0.872. The van der Waals surface area contributed by atoms with Crippen LogP contribution in [0.15, 0.2) is 36.4 Å². The number of nitrogens with one attached hydrogen (secondary N) is 2. The van der Waals surface area contributed by atoms with Gasteiger partial charge in [0.15, 0.2) is 0 Å². The van der Waals surface area contributed by atoms with Crippen molar-refractivity contribution in [3.63, 3.8) is 0 Å². The second-order valence-corrected chi connectivity index (χ2v) is 5.39. The van der Waals surface area contributed by atoms with Crippen LogP contribution in [0, 0.1) is 0 Å². The summed E-state index contributed by atoms with van der Waals surface area (Å²) in [4.78, 5) is 12.2. The summed E-state index contributed by atoms with van der Waals surface area (Å²) in [6.07, 6.45) is 0.969. The molecular formula is C15H12Cl2N2O. The molecule has 0 atom stereocenters. The van der Waals surface area contributed by atoms with Crippen LogP contribution in [-0.4, -0.2) is 12.5 Å². The summed E-state index contributed by atoms with van der Waals surface area (Å²) in [5.41, 5.74) is 3.47. The zero-order chi connectivity index (χ0) is 14.1. The molecule has 0 spiro atoms. The maximum absolute atomic E-state index is 12.2. The Kier molecular flexibility index (Phi) is 3.55. The summed E-state index contributed by atoms with van der Waals surface area (Å²) in [6, 6.07) is 10.8. The number of carbonyl (C=O) groups is 1. The molecule has 2 aromatic carbocycles. The van der Waals surface area contributed by atoms with Gasteiger partial charge >= 0.3 is 0 Å². The van der Waals surface area contributed by atoms with E-state index in [1.165, 1.54) is 5.56 Å². The molecule has 3 nitrogen and oxygen atoms in total. The highest BCUT2D eigenvalue weighted by atomic mass is 35.5. The highest BCUT2D eigenvalue weighted by Crippen LogP contribution is 2.28. The van der Waals surface area contributed by atoms with Crippen LogP contribution < -0.4 is 10.6 Å². The van der Waals surface area contributed by atoms with Gasteiger partial charge in [-0.15, -0.1) is 0 Å². The average molecular weight is 307 g/mol. The number of rotatable bonds is 2. The maximum atomic E-state index is 12.2. The van der Waals surface area contributed by atoms with Crippen LogP contribution in [0.25, 0.3) is 0 Å². The highest BCUT2D eigenvalue weighted by Gasteiger charge is 2.14. The molecule has 0 unspecified atom stereocenters. The Morgan fingerprint density at radius 3 is 2.90 bits per heavy atom. The maximum Gasteiger partial charge on any atom is 0.257 e. The minimum absolute atomic E-state index is 0.261. The molecule has 1 heterocycles. The van der Waals surface area contributed by atoms with E-state index in [1.54, 1.807) is 18.2 Å². The summed E-state index contributed by atoms with van der Waals surface area (Å²) in [6.45, 7) is 0.937. The Hall–Kier alpha value is -1.71. The van der Waals surface area contributed by atoms with Gasteiger partial charge in [-0.2, -0.15) is 0 Å². The fraction of sp³-hybridized carbons (Fsp3) is 0.133. The van der Waals surface area contributed by atoms with Crippen molar-refractivity contribution in [2.24, 2.45) is 0 Å². The van der Waals surface area contributed by atoms with Crippen molar-refractivity contribution in [2.45, 2.75) is 6.42 Å². The van der Waals surface area contributed by atoms with Crippen molar-refractivity contribution in [2.75, 3.05) is 17.2 Å². The van der Waals surface area contributed by atoms with Crippen LogP contribution in [0.3, 0.4) is 0 Å². The van der Waals surface area contributed by atoms with E-state index in [2.05, 4.69) is 10.6 Å². The Bertz CT molecular complexity index is 686. The van der Waals surface area contributed by atoms with Gasteiger partial charge in [-0.25, -0.2) is 0 Å². The van der Waals surface area contributed by atoms with Crippen LogP contribution in [-0.2, 0) is 6.42 Å². The van der Waals surface area contributed by atoms with Gasteiger partial charge in [0.25, 0.3) is 5.91 Å². The lowest BCUT2D eigenvalue weighted by Gasteiger charge is -2.09. The second-order valence-electron chi connectivity index (χ2n) is 4.60. The molecule has 1 aliphatic rings. The van der Waals surface area contributed by atoms with Gasteiger partial charge < -0.3 is 10.6 Å². The van der Waals surface area contributed by atoms with Gasteiger partial charge in [-0.3, -0.25) is 4.79 Å². The van der Waals surface area contributed by atoms with Gasteiger partial charge in [0.1, 0.15) is 0 Å². The molecule has 0 fully saturated rings. The number of fused-ring (bicyclic) bond motifs is 1. The molecular weight excluding hydrogens is 295 g/mol. The molecule has 20 heavy (non-hydrogen) atoms. The largest absolute Gasteiger partial charge is 0.384 e. The van der Waals surface area contributed by atoms with Gasteiger partial charge in [0.05, 0.1) is 15.6 Å². The summed E-state index contributed by atoms with van der Waals surface area (Å²) in [5, 5.41) is 6.77. The van der Waals surface area contributed by atoms with Gasteiger partial charge in [0, 0.05) is 17.9 Å². The molecule has 0 aliphatic carbocycles. The first kappa shape index (κ1) is 13.3. The number of amides is 1. The minimum atomic E-state index is -0.261. The molecule has 0 aromatic heterocycles. The van der Waals surface area contributed by atoms with Crippen molar-refractivity contribution in [3.05, 3.63) is 57.6 Å². The van der Waals surface area contributed by atoms with Crippen LogP contribution in [0.1, 0.15) is 15.9 Å². The Balaban J connectivity index is 1.84. The lowest BCUT2D eigenvalue weighted by Crippen LogP contribution is -2.12. The third-order valence-corrected chi connectivity index (χ3v) is 4.09. The molecule has 1 amide bonds. The van der Waals surface area contributed by atoms with Crippen LogP contribution in [0.4, 0.5) is 11.4 Å². The number of carbonyl (C=O) groups excluding carboxylic acids is 1. The van der Waals surface area contributed by atoms with Crippen molar-refractivity contribution in [1.82, 2.24) is 0 Å². The Morgan fingerprint density at radius 1 is 1.20 bits per heavy atom. The van der Waals surface area contributed by atoms with Gasteiger partial charge in [0.2, 0.25) is 0 Å². The number of hydrogen-bond acceptors (Lipinski definition) is 2.